The van der Waals surface area contributed by atoms with Crippen molar-refractivity contribution in [3.05, 3.63) is 0 Å². The van der Waals surface area contributed by atoms with Gasteiger partial charge in [0, 0.05) is 11.3 Å². The van der Waals surface area contributed by atoms with Gasteiger partial charge in [-0.05, 0) is 43.4 Å². The minimum atomic E-state index is 0.567. The van der Waals surface area contributed by atoms with Crippen LogP contribution < -0.4 is 5.32 Å². The fourth-order valence-corrected chi connectivity index (χ4v) is 3.94. The summed E-state index contributed by atoms with van der Waals surface area (Å²) in [5, 5.41) is 4.56. The van der Waals surface area contributed by atoms with Crippen LogP contribution in [-0.4, -0.2) is 23.6 Å². The lowest BCUT2D eigenvalue weighted by atomic mass is 9.75. The highest BCUT2D eigenvalue weighted by molar-refractivity contribution is 7.99. The fourth-order valence-electron chi connectivity index (χ4n) is 2.47. The molecular weight excluding hydrogens is 202 g/mol. The van der Waals surface area contributed by atoms with E-state index in [-0.39, 0.29) is 0 Å². The maximum absolute atomic E-state index is 3.72. The zero-order valence-electron chi connectivity index (χ0n) is 10.8. The summed E-state index contributed by atoms with van der Waals surface area (Å²) in [4.78, 5) is 0. The highest BCUT2D eigenvalue weighted by Gasteiger charge is 2.34. The van der Waals surface area contributed by atoms with E-state index in [1.54, 1.807) is 0 Å². The third-order valence-electron chi connectivity index (χ3n) is 3.37. The molecule has 0 aliphatic heterocycles. The molecule has 1 aliphatic rings. The van der Waals surface area contributed by atoms with Crippen LogP contribution >= 0.6 is 11.8 Å². The topological polar surface area (TPSA) is 12.0 Å². The van der Waals surface area contributed by atoms with Gasteiger partial charge in [-0.3, -0.25) is 0 Å². The molecule has 1 rings (SSSR count). The Morgan fingerprint density at radius 3 is 2.67 bits per heavy atom. The van der Waals surface area contributed by atoms with Gasteiger partial charge in [0.1, 0.15) is 0 Å². The number of rotatable bonds is 5. The molecule has 2 unspecified atom stereocenters. The predicted molar refractivity (Wildman–Crippen MR) is 71.6 cm³/mol. The Balaban J connectivity index is 2.47. The van der Waals surface area contributed by atoms with Crippen molar-refractivity contribution < 1.29 is 0 Å². The first-order chi connectivity index (χ1) is 7.09. The summed E-state index contributed by atoms with van der Waals surface area (Å²) in [6.07, 6.45) is 5.39. The maximum atomic E-state index is 3.72. The quantitative estimate of drug-likeness (QED) is 0.772. The molecule has 1 fully saturated rings. The first kappa shape index (κ1) is 13.4. The summed E-state index contributed by atoms with van der Waals surface area (Å²) in [5.74, 6) is 1.26. The largest absolute Gasteiger partial charge is 0.313 e. The molecule has 0 aromatic carbocycles. The van der Waals surface area contributed by atoms with Crippen LogP contribution in [0.25, 0.3) is 0 Å². The van der Waals surface area contributed by atoms with Crippen LogP contribution in [0.2, 0.25) is 0 Å². The minimum absolute atomic E-state index is 0.567. The predicted octanol–water partition coefficient (Wildman–Crippen LogP) is 3.69. The molecule has 0 aromatic heterocycles. The van der Waals surface area contributed by atoms with Crippen molar-refractivity contribution >= 4 is 11.8 Å². The van der Waals surface area contributed by atoms with Crippen LogP contribution in [0.15, 0.2) is 0 Å². The SMILES string of the molecule is CCCNC1CCC(C)(C)CC1SCC. The van der Waals surface area contributed by atoms with Crippen LogP contribution in [0.3, 0.4) is 0 Å². The highest BCUT2D eigenvalue weighted by atomic mass is 32.2. The van der Waals surface area contributed by atoms with Crippen molar-refractivity contribution in [2.45, 2.75) is 64.7 Å². The molecule has 1 aliphatic carbocycles. The monoisotopic (exact) mass is 229 g/mol. The summed E-state index contributed by atoms with van der Waals surface area (Å²) < 4.78 is 0. The van der Waals surface area contributed by atoms with Crippen molar-refractivity contribution in [2.24, 2.45) is 5.41 Å². The van der Waals surface area contributed by atoms with Crippen LogP contribution in [0.4, 0.5) is 0 Å². The summed E-state index contributed by atoms with van der Waals surface area (Å²) in [7, 11) is 0. The fraction of sp³-hybridized carbons (Fsp3) is 1.00. The van der Waals surface area contributed by atoms with Gasteiger partial charge in [0.15, 0.2) is 0 Å². The van der Waals surface area contributed by atoms with Crippen molar-refractivity contribution in [1.82, 2.24) is 5.32 Å². The third-order valence-corrected chi connectivity index (χ3v) is 4.63. The van der Waals surface area contributed by atoms with Gasteiger partial charge < -0.3 is 5.32 Å². The molecule has 0 saturated heterocycles. The molecule has 0 spiro atoms. The average Bonchev–Trinajstić information content (AvgIpc) is 2.16. The van der Waals surface area contributed by atoms with Crippen LogP contribution in [0.1, 0.15) is 53.4 Å². The number of hydrogen-bond donors (Lipinski definition) is 1. The first-order valence-corrected chi connectivity index (χ1v) is 7.49. The van der Waals surface area contributed by atoms with Gasteiger partial charge in [-0.1, -0.05) is 27.7 Å². The summed E-state index contributed by atoms with van der Waals surface area (Å²) in [6, 6.07) is 0.767. The number of thioether (sulfide) groups is 1. The molecule has 2 heteroatoms. The molecule has 0 radical (unpaired) electrons. The summed E-state index contributed by atoms with van der Waals surface area (Å²) >= 11 is 2.15. The zero-order valence-corrected chi connectivity index (χ0v) is 11.6. The van der Waals surface area contributed by atoms with Gasteiger partial charge in [-0.2, -0.15) is 11.8 Å². The molecular formula is C13H27NS. The lowest BCUT2D eigenvalue weighted by molar-refractivity contribution is 0.214. The molecule has 0 bridgehead atoms. The Labute approximate surface area is 99.8 Å². The van der Waals surface area contributed by atoms with E-state index in [1.807, 2.05) is 0 Å². The van der Waals surface area contributed by atoms with E-state index in [9.17, 15) is 0 Å². The highest BCUT2D eigenvalue weighted by Crippen LogP contribution is 2.40. The molecule has 1 saturated carbocycles. The second-order valence-electron chi connectivity index (χ2n) is 5.46. The molecule has 1 N–H and O–H groups in total. The Hall–Kier alpha value is 0.310. The van der Waals surface area contributed by atoms with E-state index >= 15 is 0 Å². The maximum Gasteiger partial charge on any atom is 0.0206 e. The lowest BCUT2D eigenvalue weighted by Gasteiger charge is -2.40. The van der Waals surface area contributed by atoms with E-state index in [2.05, 4.69) is 44.8 Å². The average molecular weight is 229 g/mol. The summed E-state index contributed by atoms with van der Waals surface area (Å²) in [6.45, 7) is 10.6. The van der Waals surface area contributed by atoms with Gasteiger partial charge in [0.05, 0.1) is 0 Å². The third kappa shape index (κ3) is 4.36. The Kier molecular flexibility index (Phi) is 5.48. The Morgan fingerprint density at radius 2 is 2.07 bits per heavy atom. The van der Waals surface area contributed by atoms with Gasteiger partial charge in [0.25, 0.3) is 0 Å². The molecule has 0 heterocycles. The van der Waals surface area contributed by atoms with Crippen LogP contribution in [0, 0.1) is 5.41 Å². The number of nitrogens with one attached hydrogen (secondary N) is 1. The lowest BCUT2D eigenvalue weighted by Crippen LogP contribution is -2.45. The van der Waals surface area contributed by atoms with Crippen LogP contribution in [0.5, 0.6) is 0 Å². The van der Waals surface area contributed by atoms with E-state index in [0.29, 0.717) is 5.41 Å². The van der Waals surface area contributed by atoms with E-state index < -0.39 is 0 Å². The van der Waals surface area contributed by atoms with Crippen molar-refractivity contribution in [3.8, 4) is 0 Å². The van der Waals surface area contributed by atoms with Crippen molar-refractivity contribution in [1.29, 1.82) is 0 Å². The molecule has 90 valence electrons. The second kappa shape index (κ2) is 6.15. The number of hydrogen-bond acceptors (Lipinski definition) is 2. The molecule has 0 amide bonds. The standard InChI is InChI=1S/C13H27NS/c1-5-9-14-11-7-8-13(3,4)10-12(11)15-6-2/h11-12,14H,5-10H2,1-4H3. The Bertz CT molecular complexity index is 179. The van der Waals surface area contributed by atoms with Gasteiger partial charge >= 0.3 is 0 Å². The van der Waals surface area contributed by atoms with Gasteiger partial charge in [0.2, 0.25) is 0 Å². The zero-order chi connectivity index (χ0) is 11.3. The van der Waals surface area contributed by atoms with Gasteiger partial charge in [-0.25, -0.2) is 0 Å². The van der Waals surface area contributed by atoms with Crippen molar-refractivity contribution in [3.63, 3.8) is 0 Å². The van der Waals surface area contributed by atoms with E-state index in [4.69, 9.17) is 0 Å². The molecule has 1 nitrogen and oxygen atoms in total. The molecule has 2 atom stereocenters. The normalized spacial score (nSPS) is 30.4. The van der Waals surface area contributed by atoms with Crippen LogP contribution in [-0.2, 0) is 0 Å². The molecule has 15 heavy (non-hydrogen) atoms. The van der Waals surface area contributed by atoms with Crippen molar-refractivity contribution in [2.75, 3.05) is 12.3 Å². The van der Waals surface area contributed by atoms with Gasteiger partial charge in [-0.15, -0.1) is 0 Å². The Morgan fingerprint density at radius 1 is 1.33 bits per heavy atom. The first-order valence-electron chi connectivity index (χ1n) is 6.44. The minimum Gasteiger partial charge on any atom is -0.313 e. The molecule has 0 aromatic rings. The van der Waals surface area contributed by atoms with E-state index in [0.717, 1.165) is 11.3 Å². The smallest absolute Gasteiger partial charge is 0.0206 e. The van der Waals surface area contributed by atoms with E-state index in [1.165, 1.54) is 38.0 Å². The second-order valence-corrected chi connectivity index (χ2v) is 6.98. The summed E-state index contributed by atoms with van der Waals surface area (Å²) in [5.41, 5.74) is 0.567.